The largest absolute Gasteiger partial charge is 0.504 e. The summed E-state index contributed by atoms with van der Waals surface area (Å²) < 4.78 is 35.2. The van der Waals surface area contributed by atoms with Crippen molar-refractivity contribution in [1.29, 1.82) is 0 Å². The zero-order valence-corrected chi connectivity index (χ0v) is 5.62. The van der Waals surface area contributed by atoms with Crippen molar-refractivity contribution in [2.75, 3.05) is 0 Å². The first-order valence-corrected chi connectivity index (χ1v) is 4.90. The first kappa shape index (κ1) is 8.97. The van der Waals surface area contributed by atoms with Crippen LogP contribution in [0.15, 0.2) is 0 Å². The molecule has 7 nitrogen and oxygen atoms in total. The van der Waals surface area contributed by atoms with Gasteiger partial charge in [0.1, 0.15) is 0 Å². The Kier molecular flexibility index (Phi) is 3.21. The lowest BCUT2D eigenvalue weighted by Crippen LogP contribution is -1.80. The lowest BCUT2D eigenvalue weighted by molar-refractivity contribution is -0.202. The van der Waals surface area contributed by atoms with Crippen molar-refractivity contribution in [2.45, 2.75) is 0 Å². The molecule has 0 aliphatic heterocycles. The Labute approximate surface area is 49.3 Å². The van der Waals surface area contributed by atoms with Gasteiger partial charge < -0.3 is 0 Å². The van der Waals surface area contributed by atoms with E-state index in [2.05, 4.69) is 9.35 Å². The highest BCUT2D eigenvalue weighted by Crippen LogP contribution is 2.62. The summed E-state index contributed by atoms with van der Waals surface area (Å²) in [6.07, 6.45) is 0. The average molecular weight is 176 g/mol. The molecule has 0 amide bonds. The summed E-state index contributed by atoms with van der Waals surface area (Å²) in [5.41, 5.74) is 0. The molecule has 0 aromatic rings. The molecule has 0 aliphatic rings. The van der Waals surface area contributed by atoms with Gasteiger partial charge in [-0.25, -0.2) is 24.2 Å². The molecule has 9 heteroatoms. The van der Waals surface area contributed by atoms with Crippen LogP contribution in [0.25, 0.3) is 0 Å². The fraction of sp³-hybridized carbons (Fsp3) is 0. The minimum atomic E-state index is -4.69. The Morgan fingerprint density at radius 3 is 1.56 bits per heavy atom. The predicted octanol–water partition coefficient (Wildman–Crippen LogP) is 1.25. The monoisotopic (exact) mass is 176 g/mol. The SMILES string of the molecule is O=P(=O)P(=O)(OO)OO. The second-order valence-corrected chi connectivity index (χ2v) is 5.06. The maximum absolute atomic E-state index is 10.1. The Morgan fingerprint density at radius 1 is 1.22 bits per heavy atom. The maximum Gasteiger partial charge on any atom is 0.504 e. The van der Waals surface area contributed by atoms with Crippen molar-refractivity contribution >= 4 is 14.7 Å². The van der Waals surface area contributed by atoms with Crippen molar-refractivity contribution < 1.29 is 33.6 Å². The van der Waals surface area contributed by atoms with Crippen LogP contribution in [0.4, 0.5) is 0 Å². The van der Waals surface area contributed by atoms with Crippen molar-refractivity contribution in [1.82, 2.24) is 0 Å². The molecule has 0 rings (SSSR count). The minimum Gasteiger partial charge on any atom is -0.243 e. The molecule has 0 aliphatic carbocycles. The summed E-state index contributed by atoms with van der Waals surface area (Å²) in [6.45, 7) is 0. The molecule has 0 atom stereocenters. The highest BCUT2D eigenvalue weighted by Gasteiger charge is 2.33. The van der Waals surface area contributed by atoms with Crippen LogP contribution in [-0.4, -0.2) is 10.5 Å². The second-order valence-electron chi connectivity index (χ2n) is 0.870. The van der Waals surface area contributed by atoms with Crippen molar-refractivity contribution in [3.8, 4) is 0 Å². The zero-order valence-electron chi connectivity index (χ0n) is 3.83. The Hall–Kier alpha value is -0.0300. The third-order valence-electron chi connectivity index (χ3n) is 0.406. The molecular weight excluding hydrogens is 174 g/mol. The molecule has 0 saturated heterocycles. The van der Waals surface area contributed by atoms with Gasteiger partial charge in [-0.15, -0.1) is 9.35 Å². The second kappa shape index (κ2) is 3.22. The predicted molar refractivity (Wildman–Crippen MR) is 23.3 cm³/mol. The van der Waals surface area contributed by atoms with Crippen molar-refractivity contribution in [2.24, 2.45) is 0 Å². The van der Waals surface area contributed by atoms with Crippen LogP contribution >= 0.6 is 14.7 Å². The molecule has 9 heavy (non-hydrogen) atoms. The van der Waals surface area contributed by atoms with E-state index in [4.69, 9.17) is 10.5 Å². The van der Waals surface area contributed by atoms with Gasteiger partial charge >= 0.3 is 14.7 Å². The highest BCUT2D eigenvalue weighted by atomic mass is 32.1. The summed E-state index contributed by atoms with van der Waals surface area (Å²) in [5, 5.41) is 15.0. The van der Waals surface area contributed by atoms with E-state index in [1.54, 1.807) is 0 Å². The first-order valence-electron chi connectivity index (χ1n) is 1.48. The molecule has 0 aromatic heterocycles. The van der Waals surface area contributed by atoms with Gasteiger partial charge in [0.05, 0.1) is 0 Å². The van der Waals surface area contributed by atoms with Crippen LogP contribution in [0.3, 0.4) is 0 Å². The molecule has 0 saturated carbocycles. The van der Waals surface area contributed by atoms with Crippen molar-refractivity contribution in [3.63, 3.8) is 0 Å². The summed E-state index contributed by atoms with van der Waals surface area (Å²) in [6, 6.07) is 0. The maximum atomic E-state index is 10.1. The molecule has 0 bridgehead atoms. The average Bonchev–Trinajstić information content (AvgIpc) is 1.86. The van der Waals surface area contributed by atoms with Crippen molar-refractivity contribution in [3.05, 3.63) is 0 Å². The third-order valence-corrected chi connectivity index (χ3v) is 2.86. The van der Waals surface area contributed by atoms with E-state index in [-0.39, 0.29) is 0 Å². The van der Waals surface area contributed by atoms with E-state index in [0.717, 1.165) is 0 Å². The molecule has 0 unspecified atom stereocenters. The van der Waals surface area contributed by atoms with E-state index in [1.165, 1.54) is 0 Å². The lowest BCUT2D eigenvalue weighted by atomic mass is 14.9. The van der Waals surface area contributed by atoms with Gasteiger partial charge in [0.2, 0.25) is 0 Å². The fourth-order valence-electron chi connectivity index (χ4n) is 0.0745. The fourth-order valence-corrected chi connectivity index (χ4v) is 0.581. The van der Waals surface area contributed by atoms with Gasteiger partial charge in [-0.1, -0.05) is 0 Å². The molecule has 0 aromatic carbocycles. The van der Waals surface area contributed by atoms with Crippen LogP contribution < -0.4 is 0 Å². The zero-order chi connectivity index (χ0) is 7.49. The number of hydrogen-bond donors (Lipinski definition) is 2. The Bertz CT molecular complexity index is 171. The molecule has 2 N–H and O–H groups in total. The summed E-state index contributed by atoms with van der Waals surface area (Å²) in [4.78, 5) is 0. The molecule has 0 radical (unpaired) electrons. The van der Waals surface area contributed by atoms with E-state index in [9.17, 15) is 13.7 Å². The summed E-state index contributed by atoms with van der Waals surface area (Å²) in [7, 11) is -8.32. The Morgan fingerprint density at radius 2 is 1.56 bits per heavy atom. The number of rotatable bonds is 3. The molecule has 0 fully saturated rings. The van der Waals surface area contributed by atoms with E-state index < -0.39 is 14.7 Å². The van der Waals surface area contributed by atoms with E-state index >= 15 is 0 Å². The normalized spacial score (nSPS) is 11.3. The smallest absolute Gasteiger partial charge is 0.243 e. The standard InChI is InChI=1S/H2O7P2/c1-6-9(5,7-2)8(3)4/h1-2H. The van der Waals surface area contributed by atoms with E-state index in [1.807, 2.05) is 0 Å². The lowest BCUT2D eigenvalue weighted by Gasteiger charge is -1.96. The first-order chi connectivity index (χ1) is 4.06. The van der Waals surface area contributed by atoms with Gasteiger partial charge in [0, 0.05) is 0 Å². The van der Waals surface area contributed by atoms with Gasteiger partial charge in [0.15, 0.2) is 0 Å². The quantitative estimate of drug-likeness (QED) is 0.378. The van der Waals surface area contributed by atoms with E-state index in [0.29, 0.717) is 0 Å². The topological polar surface area (TPSA) is 110 Å². The highest BCUT2D eigenvalue weighted by molar-refractivity contribution is 8.17. The van der Waals surface area contributed by atoms with Gasteiger partial charge in [-0.3, -0.25) is 0 Å². The summed E-state index contributed by atoms with van der Waals surface area (Å²) >= 11 is 0. The Balaban J connectivity index is 4.50. The molecule has 54 valence electrons. The summed E-state index contributed by atoms with van der Waals surface area (Å²) in [5.74, 6) is 0. The van der Waals surface area contributed by atoms with Crippen LogP contribution in [0.1, 0.15) is 0 Å². The molecule has 0 spiro atoms. The molecule has 0 heterocycles. The van der Waals surface area contributed by atoms with Crippen LogP contribution in [-0.2, 0) is 23.0 Å². The third kappa shape index (κ3) is 1.98. The van der Waals surface area contributed by atoms with Crippen LogP contribution in [0.5, 0.6) is 0 Å². The minimum absolute atomic E-state index is 2.84. The van der Waals surface area contributed by atoms with Gasteiger partial charge in [-0.2, -0.15) is 0 Å². The molecular formula is H2O7P2. The number of hydrogen-bond acceptors (Lipinski definition) is 7. The van der Waals surface area contributed by atoms with Crippen LogP contribution in [0, 0.1) is 0 Å². The van der Waals surface area contributed by atoms with Gasteiger partial charge in [0.25, 0.3) is 0 Å². The van der Waals surface area contributed by atoms with Crippen LogP contribution in [0.2, 0.25) is 0 Å². The van der Waals surface area contributed by atoms with Gasteiger partial charge in [-0.05, 0) is 0 Å².